The molecule has 138 valence electrons. The quantitative estimate of drug-likeness (QED) is 0.433. The lowest BCUT2D eigenvalue weighted by molar-refractivity contribution is 0.0952. The molecule has 1 amide bonds. The molecule has 0 aliphatic heterocycles. The number of benzene rings is 3. The molecule has 0 bridgehead atoms. The van der Waals surface area contributed by atoms with Crippen molar-refractivity contribution in [1.82, 2.24) is 20.2 Å². The second kappa shape index (κ2) is 7.86. The summed E-state index contributed by atoms with van der Waals surface area (Å²) >= 11 is 0. The van der Waals surface area contributed by atoms with Crippen LogP contribution >= 0.6 is 12.4 Å². The highest BCUT2D eigenvalue weighted by Gasteiger charge is 2.13. The number of aromatic nitrogens is 2. The standard InChI is InChI=1S/C21H20N4O.ClH/c1-25(2)13-12-22-21(26)16-8-5-9-17-20(16)24-19-15-7-4-3-6-14(15)10-11-18(19)23-17;/h3-11H,12-13H2,1-2H3,(H,22,26);1H. The minimum atomic E-state index is -0.119. The lowest BCUT2D eigenvalue weighted by Crippen LogP contribution is -2.31. The van der Waals surface area contributed by atoms with E-state index in [-0.39, 0.29) is 18.3 Å². The highest BCUT2D eigenvalue weighted by atomic mass is 35.5. The molecular formula is C21H21ClN4O. The third-order valence-corrected chi connectivity index (χ3v) is 4.45. The van der Waals surface area contributed by atoms with E-state index < -0.39 is 0 Å². The molecule has 0 unspecified atom stereocenters. The van der Waals surface area contributed by atoms with E-state index in [9.17, 15) is 4.79 Å². The van der Waals surface area contributed by atoms with Gasteiger partial charge in [0.1, 0.15) is 5.52 Å². The van der Waals surface area contributed by atoms with Crippen LogP contribution in [0.25, 0.3) is 32.8 Å². The number of hydrogen-bond donors (Lipinski definition) is 1. The van der Waals surface area contributed by atoms with Gasteiger partial charge in [-0.3, -0.25) is 4.79 Å². The molecule has 3 aromatic carbocycles. The lowest BCUT2D eigenvalue weighted by atomic mass is 10.1. The van der Waals surface area contributed by atoms with Crippen LogP contribution in [0, 0.1) is 0 Å². The van der Waals surface area contributed by atoms with Gasteiger partial charge in [0.05, 0.1) is 22.1 Å². The average Bonchev–Trinajstić information content (AvgIpc) is 2.65. The van der Waals surface area contributed by atoms with Crippen molar-refractivity contribution in [3.63, 3.8) is 0 Å². The Balaban J connectivity index is 0.00000210. The summed E-state index contributed by atoms with van der Waals surface area (Å²) in [7, 11) is 3.96. The first-order valence-electron chi connectivity index (χ1n) is 8.64. The van der Waals surface area contributed by atoms with Gasteiger partial charge in [-0.1, -0.05) is 36.4 Å². The zero-order valence-corrected chi connectivity index (χ0v) is 16.1. The smallest absolute Gasteiger partial charge is 0.253 e. The Morgan fingerprint density at radius 2 is 1.70 bits per heavy atom. The molecular weight excluding hydrogens is 360 g/mol. The molecule has 5 nitrogen and oxygen atoms in total. The number of amides is 1. The molecule has 0 aliphatic rings. The third kappa shape index (κ3) is 3.70. The van der Waals surface area contributed by atoms with Crippen molar-refractivity contribution >= 4 is 51.2 Å². The first-order valence-corrected chi connectivity index (χ1v) is 8.64. The number of rotatable bonds is 4. The Hall–Kier alpha value is -2.76. The van der Waals surface area contributed by atoms with E-state index in [0.29, 0.717) is 17.6 Å². The maximum Gasteiger partial charge on any atom is 0.253 e. The number of para-hydroxylation sites is 1. The molecule has 1 heterocycles. The third-order valence-electron chi connectivity index (χ3n) is 4.45. The van der Waals surface area contributed by atoms with Crippen LogP contribution in [0.4, 0.5) is 0 Å². The average molecular weight is 381 g/mol. The minimum absolute atomic E-state index is 0. The van der Waals surface area contributed by atoms with Gasteiger partial charge in [-0.25, -0.2) is 9.97 Å². The molecule has 0 aliphatic carbocycles. The summed E-state index contributed by atoms with van der Waals surface area (Å²) in [6.07, 6.45) is 0. The predicted molar refractivity (Wildman–Crippen MR) is 113 cm³/mol. The van der Waals surface area contributed by atoms with Crippen LogP contribution in [0.3, 0.4) is 0 Å². The molecule has 0 saturated heterocycles. The van der Waals surface area contributed by atoms with Crippen LogP contribution in [0.1, 0.15) is 10.4 Å². The van der Waals surface area contributed by atoms with Crippen molar-refractivity contribution < 1.29 is 4.79 Å². The van der Waals surface area contributed by atoms with Gasteiger partial charge >= 0.3 is 0 Å². The molecule has 1 aromatic heterocycles. The maximum absolute atomic E-state index is 12.6. The monoisotopic (exact) mass is 380 g/mol. The van der Waals surface area contributed by atoms with Gasteiger partial charge in [0.15, 0.2) is 0 Å². The largest absolute Gasteiger partial charge is 0.351 e. The molecule has 6 heteroatoms. The van der Waals surface area contributed by atoms with Crippen molar-refractivity contribution in [2.75, 3.05) is 27.2 Å². The van der Waals surface area contributed by atoms with E-state index in [0.717, 1.165) is 33.9 Å². The summed E-state index contributed by atoms with van der Waals surface area (Å²) < 4.78 is 0. The van der Waals surface area contributed by atoms with Gasteiger partial charge in [0.25, 0.3) is 5.91 Å². The highest BCUT2D eigenvalue weighted by molar-refractivity contribution is 6.10. The molecule has 0 atom stereocenters. The molecule has 0 radical (unpaired) electrons. The molecule has 4 rings (SSSR count). The van der Waals surface area contributed by atoms with E-state index in [4.69, 9.17) is 9.97 Å². The van der Waals surface area contributed by atoms with Crippen LogP contribution in [-0.2, 0) is 0 Å². The van der Waals surface area contributed by atoms with Crippen molar-refractivity contribution in [3.8, 4) is 0 Å². The van der Waals surface area contributed by atoms with Crippen molar-refractivity contribution in [2.24, 2.45) is 0 Å². The van der Waals surface area contributed by atoms with Gasteiger partial charge in [-0.05, 0) is 37.7 Å². The van der Waals surface area contributed by atoms with Gasteiger partial charge in [-0.2, -0.15) is 0 Å². The van der Waals surface area contributed by atoms with Crippen LogP contribution in [0.2, 0.25) is 0 Å². The number of halogens is 1. The molecule has 0 spiro atoms. The first kappa shape index (κ1) is 19.0. The second-order valence-corrected chi connectivity index (χ2v) is 6.61. The molecule has 4 aromatic rings. The van der Waals surface area contributed by atoms with Crippen LogP contribution in [0.15, 0.2) is 54.6 Å². The van der Waals surface area contributed by atoms with Crippen molar-refractivity contribution in [2.45, 2.75) is 0 Å². The fourth-order valence-electron chi connectivity index (χ4n) is 3.10. The van der Waals surface area contributed by atoms with Gasteiger partial charge in [0.2, 0.25) is 0 Å². The van der Waals surface area contributed by atoms with E-state index in [1.165, 1.54) is 0 Å². The van der Waals surface area contributed by atoms with Gasteiger partial charge in [-0.15, -0.1) is 12.4 Å². The number of carbonyl (C=O) groups excluding carboxylic acids is 1. The SMILES string of the molecule is CN(C)CCNC(=O)c1cccc2nc3ccc4ccccc4c3nc12.Cl. The number of nitrogens with one attached hydrogen (secondary N) is 1. The lowest BCUT2D eigenvalue weighted by Gasteiger charge is -2.11. The highest BCUT2D eigenvalue weighted by Crippen LogP contribution is 2.26. The number of likely N-dealkylation sites (N-methyl/N-ethyl adjacent to an activating group) is 1. The summed E-state index contributed by atoms with van der Waals surface area (Å²) in [6.45, 7) is 1.38. The second-order valence-electron chi connectivity index (χ2n) is 6.61. The van der Waals surface area contributed by atoms with Crippen LogP contribution in [-0.4, -0.2) is 48.0 Å². The van der Waals surface area contributed by atoms with Gasteiger partial charge < -0.3 is 10.2 Å². The molecule has 0 saturated carbocycles. The first-order chi connectivity index (χ1) is 12.6. The van der Waals surface area contributed by atoms with E-state index >= 15 is 0 Å². The summed E-state index contributed by atoms with van der Waals surface area (Å²) in [4.78, 5) is 24.2. The fourth-order valence-corrected chi connectivity index (χ4v) is 3.10. The Labute approximate surface area is 163 Å². The fraction of sp³-hybridized carbons (Fsp3) is 0.190. The summed E-state index contributed by atoms with van der Waals surface area (Å²) in [5, 5.41) is 5.12. The number of nitrogens with zero attached hydrogens (tertiary/aromatic N) is 3. The number of fused-ring (bicyclic) bond motifs is 4. The Bertz CT molecular complexity index is 1130. The van der Waals surface area contributed by atoms with Crippen LogP contribution < -0.4 is 5.32 Å². The van der Waals surface area contributed by atoms with Gasteiger partial charge in [0, 0.05) is 18.5 Å². The summed E-state index contributed by atoms with van der Waals surface area (Å²) in [6, 6.07) is 17.7. The molecule has 27 heavy (non-hydrogen) atoms. The summed E-state index contributed by atoms with van der Waals surface area (Å²) in [5.74, 6) is -0.119. The number of carbonyl (C=O) groups is 1. The topological polar surface area (TPSA) is 58.1 Å². The zero-order valence-electron chi connectivity index (χ0n) is 15.3. The van der Waals surface area contributed by atoms with E-state index in [1.54, 1.807) is 6.07 Å². The van der Waals surface area contributed by atoms with E-state index in [1.807, 2.05) is 55.4 Å². The summed E-state index contributed by atoms with van der Waals surface area (Å²) in [5.41, 5.74) is 3.58. The molecule has 0 fully saturated rings. The molecule has 1 N–H and O–H groups in total. The predicted octanol–water partition coefficient (Wildman–Crippen LogP) is 3.65. The zero-order chi connectivity index (χ0) is 18.1. The Kier molecular flexibility index (Phi) is 5.54. The van der Waals surface area contributed by atoms with Crippen LogP contribution in [0.5, 0.6) is 0 Å². The van der Waals surface area contributed by atoms with E-state index in [2.05, 4.69) is 17.4 Å². The minimum Gasteiger partial charge on any atom is -0.351 e. The maximum atomic E-state index is 12.6. The van der Waals surface area contributed by atoms with Crippen molar-refractivity contribution in [1.29, 1.82) is 0 Å². The van der Waals surface area contributed by atoms with Crippen molar-refractivity contribution in [3.05, 3.63) is 60.2 Å². The Morgan fingerprint density at radius 3 is 2.52 bits per heavy atom. The Morgan fingerprint density at radius 1 is 0.926 bits per heavy atom. The normalized spacial score (nSPS) is 11.1. The number of hydrogen-bond acceptors (Lipinski definition) is 4.